The SMILES string of the molecule is c1cc2ccc3ccc(CCCCOCCCCCCCCCCCOCC4CO4)c4ccc(c1)c2c34. The van der Waals surface area contributed by atoms with Gasteiger partial charge < -0.3 is 14.2 Å². The van der Waals surface area contributed by atoms with Gasteiger partial charge in [-0.15, -0.1) is 0 Å². The van der Waals surface area contributed by atoms with Crippen molar-refractivity contribution >= 4 is 32.3 Å². The van der Waals surface area contributed by atoms with Gasteiger partial charge in [-0.05, 0) is 70.0 Å². The maximum Gasteiger partial charge on any atom is 0.104 e. The van der Waals surface area contributed by atoms with Gasteiger partial charge in [0.2, 0.25) is 0 Å². The van der Waals surface area contributed by atoms with E-state index in [1.807, 2.05) is 0 Å². The van der Waals surface area contributed by atoms with Crippen molar-refractivity contribution in [1.82, 2.24) is 0 Å². The lowest BCUT2D eigenvalue weighted by Gasteiger charge is -2.14. The molecule has 0 aromatic heterocycles. The fourth-order valence-corrected chi connectivity index (χ4v) is 5.66. The number of benzene rings is 4. The van der Waals surface area contributed by atoms with E-state index in [9.17, 15) is 0 Å². The molecule has 1 aliphatic rings. The summed E-state index contributed by atoms with van der Waals surface area (Å²) < 4.78 is 16.7. The van der Waals surface area contributed by atoms with E-state index in [4.69, 9.17) is 14.2 Å². The summed E-state index contributed by atoms with van der Waals surface area (Å²) in [4.78, 5) is 0. The Balaban J connectivity index is 0.887. The van der Waals surface area contributed by atoms with Crippen LogP contribution in [0.1, 0.15) is 76.2 Å². The maximum absolute atomic E-state index is 5.94. The summed E-state index contributed by atoms with van der Waals surface area (Å²) in [6, 6.07) is 20.4. The van der Waals surface area contributed by atoms with E-state index >= 15 is 0 Å². The van der Waals surface area contributed by atoms with Crippen molar-refractivity contribution in [2.45, 2.75) is 83.2 Å². The average molecular weight is 501 g/mol. The summed E-state index contributed by atoms with van der Waals surface area (Å²) in [5, 5.41) is 8.33. The van der Waals surface area contributed by atoms with Crippen LogP contribution < -0.4 is 0 Å². The highest BCUT2D eigenvalue weighted by molar-refractivity contribution is 6.23. The first kappa shape index (κ1) is 26.4. The molecule has 0 N–H and O–H groups in total. The molecule has 4 aromatic rings. The molecule has 1 aliphatic heterocycles. The van der Waals surface area contributed by atoms with E-state index in [0.29, 0.717) is 6.10 Å². The maximum atomic E-state index is 5.94. The molecule has 4 aromatic carbocycles. The smallest absolute Gasteiger partial charge is 0.104 e. The number of unbranched alkanes of at least 4 members (excludes halogenated alkanes) is 9. The Labute approximate surface area is 222 Å². The van der Waals surface area contributed by atoms with Crippen molar-refractivity contribution in [2.24, 2.45) is 0 Å². The fraction of sp³-hybridized carbons (Fsp3) is 0.529. The minimum absolute atomic E-state index is 0.404. The Bertz CT molecular complexity index is 1200. The van der Waals surface area contributed by atoms with E-state index in [0.717, 1.165) is 45.9 Å². The Hall–Kier alpha value is -2.20. The molecule has 0 spiro atoms. The summed E-state index contributed by atoms with van der Waals surface area (Å²) >= 11 is 0. The van der Waals surface area contributed by atoms with Gasteiger partial charge in [-0.3, -0.25) is 0 Å². The van der Waals surface area contributed by atoms with Gasteiger partial charge >= 0.3 is 0 Å². The van der Waals surface area contributed by atoms with Crippen LogP contribution in [0.15, 0.2) is 54.6 Å². The van der Waals surface area contributed by atoms with Crippen molar-refractivity contribution < 1.29 is 14.2 Å². The van der Waals surface area contributed by atoms with Crippen LogP contribution >= 0.6 is 0 Å². The van der Waals surface area contributed by atoms with E-state index in [2.05, 4.69) is 54.6 Å². The van der Waals surface area contributed by atoms with Crippen LogP contribution in [0.2, 0.25) is 0 Å². The van der Waals surface area contributed by atoms with Crippen LogP contribution in [-0.2, 0) is 20.6 Å². The second-order valence-corrected chi connectivity index (χ2v) is 10.9. The van der Waals surface area contributed by atoms with Crippen molar-refractivity contribution in [3.05, 3.63) is 60.2 Å². The molecule has 198 valence electrons. The highest BCUT2D eigenvalue weighted by Gasteiger charge is 2.21. The van der Waals surface area contributed by atoms with Gasteiger partial charge in [0.15, 0.2) is 0 Å². The molecule has 0 aliphatic carbocycles. The third-order valence-electron chi connectivity index (χ3n) is 7.89. The molecule has 3 nitrogen and oxygen atoms in total. The number of ether oxygens (including phenoxy) is 3. The molecule has 0 radical (unpaired) electrons. The largest absolute Gasteiger partial charge is 0.381 e. The number of rotatable bonds is 19. The second kappa shape index (κ2) is 14.1. The molecule has 1 fully saturated rings. The van der Waals surface area contributed by atoms with Gasteiger partial charge in [-0.2, -0.15) is 0 Å². The zero-order valence-corrected chi connectivity index (χ0v) is 22.5. The Morgan fingerprint density at radius 3 is 1.78 bits per heavy atom. The van der Waals surface area contributed by atoms with Crippen molar-refractivity contribution in [2.75, 3.05) is 33.0 Å². The van der Waals surface area contributed by atoms with Gasteiger partial charge in [-0.25, -0.2) is 0 Å². The highest BCUT2D eigenvalue weighted by Crippen LogP contribution is 2.36. The van der Waals surface area contributed by atoms with Crippen molar-refractivity contribution in [3.63, 3.8) is 0 Å². The molecular formula is C34H44O3. The van der Waals surface area contributed by atoms with Gasteiger partial charge in [0.1, 0.15) is 6.10 Å². The Morgan fingerprint density at radius 1 is 0.568 bits per heavy atom. The third kappa shape index (κ3) is 7.66. The van der Waals surface area contributed by atoms with Gasteiger partial charge in [0.25, 0.3) is 0 Å². The fourth-order valence-electron chi connectivity index (χ4n) is 5.66. The summed E-state index contributed by atoms with van der Waals surface area (Å²) in [5.41, 5.74) is 1.47. The van der Waals surface area contributed by atoms with Crippen LogP contribution in [0.5, 0.6) is 0 Å². The normalized spacial score (nSPS) is 15.4. The van der Waals surface area contributed by atoms with Crippen LogP contribution in [0, 0.1) is 0 Å². The van der Waals surface area contributed by atoms with Crippen molar-refractivity contribution in [3.8, 4) is 0 Å². The molecule has 1 heterocycles. The molecule has 1 saturated heterocycles. The van der Waals surface area contributed by atoms with Crippen LogP contribution in [0.3, 0.4) is 0 Å². The third-order valence-corrected chi connectivity index (χ3v) is 7.89. The summed E-state index contributed by atoms with van der Waals surface area (Å²) in [7, 11) is 0. The number of aryl methyl sites for hydroxylation is 1. The first-order valence-corrected chi connectivity index (χ1v) is 14.8. The highest BCUT2D eigenvalue weighted by atomic mass is 16.6. The van der Waals surface area contributed by atoms with Crippen LogP contribution in [0.4, 0.5) is 0 Å². The van der Waals surface area contributed by atoms with E-state index < -0.39 is 0 Å². The molecule has 1 unspecified atom stereocenters. The summed E-state index contributed by atoms with van der Waals surface area (Å²) in [6.45, 7) is 4.41. The average Bonchev–Trinajstić information content (AvgIpc) is 3.76. The molecule has 0 saturated carbocycles. The van der Waals surface area contributed by atoms with Gasteiger partial charge in [-0.1, -0.05) is 99.5 Å². The molecule has 5 rings (SSSR count). The second-order valence-electron chi connectivity index (χ2n) is 10.9. The number of hydrogen-bond acceptors (Lipinski definition) is 3. The molecule has 1 atom stereocenters. The quantitative estimate of drug-likeness (QED) is 0.0732. The standard InChI is InChI=1S/C34H44O3/c1(3-5-7-10-24-36-25-31-26-37-31)2-4-6-9-22-35-23-11-8-13-27-16-17-30-19-18-28-14-12-15-29-20-21-32(27)34(30)33(28)29/h12,14-21,31H,1-11,13,22-26H2. The number of epoxide rings is 1. The molecule has 0 bridgehead atoms. The van der Waals surface area contributed by atoms with Gasteiger partial charge in [0.05, 0.1) is 13.2 Å². The predicted octanol–water partition coefficient (Wildman–Crippen LogP) is 8.85. The number of hydrogen-bond donors (Lipinski definition) is 0. The lowest BCUT2D eigenvalue weighted by molar-refractivity contribution is 0.113. The lowest BCUT2D eigenvalue weighted by Crippen LogP contribution is -2.02. The predicted molar refractivity (Wildman–Crippen MR) is 156 cm³/mol. The molecular weight excluding hydrogens is 456 g/mol. The molecule has 37 heavy (non-hydrogen) atoms. The Kier molecular flexibility index (Phi) is 10.1. The van der Waals surface area contributed by atoms with E-state index in [-0.39, 0.29) is 0 Å². The molecule has 0 amide bonds. The summed E-state index contributed by atoms with van der Waals surface area (Å²) in [6.07, 6.45) is 15.7. The zero-order chi connectivity index (χ0) is 25.1. The van der Waals surface area contributed by atoms with E-state index in [1.54, 1.807) is 0 Å². The minimum atomic E-state index is 0.404. The van der Waals surface area contributed by atoms with Crippen molar-refractivity contribution in [1.29, 1.82) is 0 Å². The van der Waals surface area contributed by atoms with Gasteiger partial charge in [0, 0.05) is 19.8 Å². The molecule has 3 heteroatoms. The topological polar surface area (TPSA) is 31.0 Å². The Morgan fingerprint density at radius 2 is 1.11 bits per heavy atom. The first-order chi connectivity index (χ1) is 18.4. The van der Waals surface area contributed by atoms with E-state index in [1.165, 1.54) is 102 Å². The monoisotopic (exact) mass is 500 g/mol. The van der Waals surface area contributed by atoms with Crippen LogP contribution in [-0.4, -0.2) is 39.1 Å². The zero-order valence-electron chi connectivity index (χ0n) is 22.5. The minimum Gasteiger partial charge on any atom is -0.381 e. The first-order valence-electron chi connectivity index (χ1n) is 14.8. The summed E-state index contributed by atoms with van der Waals surface area (Å²) in [5.74, 6) is 0. The lowest BCUT2D eigenvalue weighted by atomic mass is 9.91. The van der Waals surface area contributed by atoms with Crippen LogP contribution in [0.25, 0.3) is 32.3 Å².